The number of hydrogen-bond donors (Lipinski definition) is 1. The Bertz CT molecular complexity index is 482. The van der Waals surface area contributed by atoms with Crippen molar-refractivity contribution in [3.8, 4) is 0 Å². The van der Waals surface area contributed by atoms with Crippen LogP contribution in [0.3, 0.4) is 0 Å². The van der Waals surface area contributed by atoms with Gasteiger partial charge in [0, 0.05) is 12.2 Å². The summed E-state index contributed by atoms with van der Waals surface area (Å²) in [6.07, 6.45) is 1.21. The summed E-state index contributed by atoms with van der Waals surface area (Å²) >= 11 is 1.64. The van der Waals surface area contributed by atoms with Gasteiger partial charge in [0.15, 0.2) is 0 Å². The number of thioether (sulfide) groups is 1. The molecule has 0 saturated carbocycles. The van der Waals surface area contributed by atoms with Crippen molar-refractivity contribution in [2.45, 2.75) is 17.7 Å². The lowest BCUT2D eigenvalue weighted by molar-refractivity contribution is 0.426. The summed E-state index contributed by atoms with van der Waals surface area (Å²) in [6, 6.07) is 10.3. The molecule has 17 heavy (non-hydrogen) atoms. The van der Waals surface area contributed by atoms with E-state index in [4.69, 9.17) is 4.74 Å². The van der Waals surface area contributed by atoms with Crippen LogP contribution in [0.1, 0.15) is 11.4 Å². The molecule has 2 heterocycles. The standard InChI is InChI=1S/C12H13N3OS/c1-2-4-9(5-3-1)6-11-13-12(15-14-11)17-8-10-7-16-10/h1-5,10H,6-8H2,(H,13,14,15). The summed E-state index contributed by atoms with van der Waals surface area (Å²) in [6.45, 7) is 0.883. The maximum Gasteiger partial charge on any atom is 0.208 e. The minimum atomic E-state index is 0.413. The Morgan fingerprint density at radius 2 is 2.18 bits per heavy atom. The molecule has 0 spiro atoms. The molecule has 0 aliphatic carbocycles. The fourth-order valence-corrected chi connectivity index (χ4v) is 2.35. The number of aromatic amines is 1. The number of aromatic nitrogens is 3. The lowest BCUT2D eigenvalue weighted by Gasteiger charge is -1.95. The van der Waals surface area contributed by atoms with Crippen LogP contribution < -0.4 is 0 Å². The normalized spacial score (nSPS) is 18.2. The third-order valence-corrected chi connectivity index (χ3v) is 3.51. The van der Waals surface area contributed by atoms with Crippen molar-refractivity contribution in [1.82, 2.24) is 15.2 Å². The van der Waals surface area contributed by atoms with E-state index in [1.165, 1.54) is 5.56 Å². The zero-order valence-corrected chi connectivity index (χ0v) is 10.1. The Morgan fingerprint density at radius 1 is 1.35 bits per heavy atom. The lowest BCUT2D eigenvalue weighted by Crippen LogP contribution is -1.91. The van der Waals surface area contributed by atoms with Gasteiger partial charge in [-0.3, -0.25) is 5.10 Å². The van der Waals surface area contributed by atoms with E-state index >= 15 is 0 Å². The molecule has 88 valence electrons. The van der Waals surface area contributed by atoms with Crippen LogP contribution in [0.4, 0.5) is 0 Å². The van der Waals surface area contributed by atoms with E-state index in [2.05, 4.69) is 27.3 Å². The van der Waals surface area contributed by atoms with Crippen molar-refractivity contribution >= 4 is 11.8 Å². The molecule has 1 N–H and O–H groups in total. The molecule has 1 unspecified atom stereocenters. The summed E-state index contributed by atoms with van der Waals surface area (Å²) in [5.74, 6) is 1.86. The first-order valence-electron chi connectivity index (χ1n) is 5.60. The van der Waals surface area contributed by atoms with Crippen LogP contribution in [0.15, 0.2) is 35.5 Å². The number of ether oxygens (including phenoxy) is 1. The summed E-state index contributed by atoms with van der Waals surface area (Å²) in [4.78, 5) is 4.45. The number of epoxide rings is 1. The second kappa shape index (κ2) is 4.89. The summed E-state index contributed by atoms with van der Waals surface area (Å²) in [5, 5.41) is 7.97. The van der Waals surface area contributed by atoms with E-state index in [1.54, 1.807) is 11.8 Å². The molecular formula is C12H13N3OS. The first-order valence-corrected chi connectivity index (χ1v) is 6.58. The average Bonchev–Trinajstić information content (AvgIpc) is 3.09. The van der Waals surface area contributed by atoms with Crippen LogP contribution in [0.5, 0.6) is 0 Å². The Kier molecular flexibility index (Phi) is 3.11. The second-order valence-electron chi connectivity index (χ2n) is 3.99. The van der Waals surface area contributed by atoms with Crippen molar-refractivity contribution in [3.05, 3.63) is 41.7 Å². The quantitative estimate of drug-likeness (QED) is 0.647. The van der Waals surface area contributed by atoms with Gasteiger partial charge < -0.3 is 4.74 Å². The van der Waals surface area contributed by atoms with Crippen LogP contribution in [0.2, 0.25) is 0 Å². The monoisotopic (exact) mass is 247 g/mol. The fraction of sp³-hybridized carbons (Fsp3) is 0.333. The predicted octanol–water partition coefficient (Wildman–Crippen LogP) is 1.89. The first kappa shape index (κ1) is 10.8. The molecule has 1 atom stereocenters. The van der Waals surface area contributed by atoms with E-state index < -0.39 is 0 Å². The Balaban J connectivity index is 1.59. The summed E-state index contributed by atoms with van der Waals surface area (Å²) < 4.78 is 5.15. The molecule has 4 nitrogen and oxygen atoms in total. The second-order valence-corrected chi connectivity index (χ2v) is 4.98. The first-order chi connectivity index (χ1) is 8.40. The lowest BCUT2D eigenvalue weighted by atomic mass is 10.1. The number of rotatable bonds is 5. The fourth-order valence-electron chi connectivity index (χ4n) is 1.54. The van der Waals surface area contributed by atoms with Gasteiger partial charge in [-0.1, -0.05) is 42.1 Å². The van der Waals surface area contributed by atoms with E-state index in [9.17, 15) is 0 Å². The average molecular weight is 247 g/mol. The molecule has 0 bridgehead atoms. The number of H-pyrrole nitrogens is 1. The highest BCUT2D eigenvalue weighted by atomic mass is 32.2. The van der Waals surface area contributed by atoms with Crippen molar-refractivity contribution in [1.29, 1.82) is 0 Å². The van der Waals surface area contributed by atoms with Crippen LogP contribution in [-0.2, 0) is 11.2 Å². The number of nitrogens with zero attached hydrogens (tertiary/aromatic N) is 2. The van der Waals surface area contributed by atoms with Gasteiger partial charge in [0.2, 0.25) is 5.16 Å². The van der Waals surface area contributed by atoms with Gasteiger partial charge >= 0.3 is 0 Å². The number of nitrogens with one attached hydrogen (secondary N) is 1. The SMILES string of the molecule is c1ccc(Cc2nc(SCC3CO3)n[nH]2)cc1. The van der Waals surface area contributed by atoms with Crippen LogP contribution >= 0.6 is 11.8 Å². The molecule has 1 aromatic carbocycles. The molecular weight excluding hydrogens is 234 g/mol. The molecule has 3 rings (SSSR count). The van der Waals surface area contributed by atoms with Gasteiger partial charge in [-0.2, -0.15) is 0 Å². The smallest absolute Gasteiger partial charge is 0.208 e. The van der Waals surface area contributed by atoms with Crippen LogP contribution in [0, 0.1) is 0 Å². The Hall–Kier alpha value is -1.33. The predicted molar refractivity (Wildman–Crippen MR) is 66.1 cm³/mol. The van der Waals surface area contributed by atoms with Crippen molar-refractivity contribution in [2.75, 3.05) is 12.4 Å². The molecule has 1 aromatic heterocycles. The van der Waals surface area contributed by atoms with E-state index in [0.717, 1.165) is 29.8 Å². The maximum atomic E-state index is 5.15. The number of hydrogen-bond acceptors (Lipinski definition) is 4. The van der Waals surface area contributed by atoms with Gasteiger partial charge in [0.1, 0.15) is 5.82 Å². The molecule has 0 radical (unpaired) electrons. The molecule has 5 heteroatoms. The zero-order valence-electron chi connectivity index (χ0n) is 9.30. The van der Waals surface area contributed by atoms with Gasteiger partial charge in [-0.05, 0) is 5.56 Å². The van der Waals surface area contributed by atoms with Crippen molar-refractivity contribution in [3.63, 3.8) is 0 Å². The highest BCUT2D eigenvalue weighted by molar-refractivity contribution is 7.99. The van der Waals surface area contributed by atoms with Gasteiger partial charge in [-0.15, -0.1) is 5.10 Å². The van der Waals surface area contributed by atoms with E-state index in [0.29, 0.717) is 6.10 Å². The Labute approximate surface area is 104 Å². The third kappa shape index (κ3) is 3.08. The van der Waals surface area contributed by atoms with Gasteiger partial charge in [0.25, 0.3) is 0 Å². The third-order valence-electron chi connectivity index (χ3n) is 2.53. The molecule has 1 fully saturated rings. The number of benzene rings is 1. The Morgan fingerprint density at radius 3 is 2.94 bits per heavy atom. The largest absolute Gasteiger partial charge is 0.372 e. The molecule has 1 aliphatic rings. The molecule has 0 amide bonds. The zero-order chi connectivity index (χ0) is 11.5. The van der Waals surface area contributed by atoms with Crippen molar-refractivity contribution in [2.24, 2.45) is 0 Å². The van der Waals surface area contributed by atoms with E-state index in [1.807, 2.05) is 18.2 Å². The molecule has 1 aliphatic heterocycles. The molecule has 2 aromatic rings. The van der Waals surface area contributed by atoms with Gasteiger partial charge in [0.05, 0.1) is 12.7 Å². The molecule has 1 saturated heterocycles. The topological polar surface area (TPSA) is 54.1 Å². The maximum absolute atomic E-state index is 5.15. The highest BCUT2D eigenvalue weighted by Gasteiger charge is 2.23. The van der Waals surface area contributed by atoms with Gasteiger partial charge in [-0.25, -0.2) is 4.98 Å². The minimum Gasteiger partial charge on any atom is -0.372 e. The van der Waals surface area contributed by atoms with Crippen molar-refractivity contribution < 1.29 is 4.74 Å². The minimum absolute atomic E-state index is 0.413. The van der Waals surface area contributed by atoms with Crippen LogP contribution in [-0.4, -0.2) is 33.6 Å². The van der Waals surface area contributed by atoms with E-state index in [-0.39, 0.29) is 0 Å². The summed E-state index contributed by atoms with van der Waals surface area (Å²) in [5.41, 5.74) is 1.24. The van der Waals surface area contributed by atoms with Crippen LogP contribution in [0.25, 0.3) is 0 Å². The summed E-state index contributed by atoms with van der Waals surface area (Å²) in [7, 11) is 0. The highest BCUT2D eigenvalue weighted by Crippen LogP contribution is 2.21.